The number of aromatic nitrogens is 6. The summed E-state index contributed by atoms with van der Waals surface area (Å²) in [5.41, 5.74) is 6.98. The average molecular weight is 342 g/mol. The highest BCUT2D eigenvalue weighted by Gasteiger charge is 2.21. The fourth-order valence-corrected chi connectivity index (χ4v) is 3.49. The second kappa shape index (κ2) is 5.36. The van der Waals surface area contributed by atoms with E-state index in [1.807, 2.05) is 18.4 Å². The molecule has 128 valence electrons. The van der Waals surface area contributed by atoms with Crippen molar-refractivity contribution in [2.45, 2.75) is 26.8 Å². The summed E-state index contributed by atoms with van der Waals surface area (Å²) < 4.78 is 4.02. The number of allylic oxidation sites excluding steroid dienone is 1. The van der Waals surface area contributed by atoms with E-state index in [0.717, 1.165) is 40.7 Å². The molecular weight excluding hydrogens is 324 g/mol. The predicted octanol–water partition coefficient (Wildman–Crippen LogP) is 3.22. The van der Waals surface area contributed by atoms with Crippen LogP contribution >= 0.6 is 0 Å². The van der Waals surface area contributed by atoms with Gasteiger partial charge in [-0.3, -0.25) is 4.98 Å². The Bertz CT molecular complexity index is 1140. The van der Waals surface area contributed by atoms with E-state index < -0.39 is 0 Å². The molecule has 0 atom stereocenters. The zero-order chi connectivity index (χ0) is 17.8. The molecule has 0 amide bonds. The lowest BCUT2D eigenvalue weighted by molar-refractivity contribution is 0.845. The van der Waals surface area contributed by atoms with Crippen LogP contribution in [0.2, 0.25) is 0 Å². The van der Waals surface area contributed by atoms with Crippen LogP contribution in [0.4, 0.5) is 0 Å². The molecule has 5 rings (SSSR count). The molecule has 0 saturated carbocycles. The fraction of sp³-hybridized carbons (Fsp3) is 0.200. The Balaban J connectivity index is 1.46. The summed E-state index contributed by atoms with van der Waals surface area (Å²) in [4.78, 5) is 13.8. The molecule has 1 aliphatic heterocycles. The molecule has 1 aliphatic rings. The third-order valence-electron chi connectivity index (χ3n) is 4.85. The molecule has 4 heterocycles. The van der Waals surface area contributed by atoms with Crippen LogP contribution in [-0.4, -0.2) is 29.1 Å². The van der Waals surface area contributed by atoms with Crippen LogP contribution in [0.5, 0.6) is 0 Å². The van der Waals surface area contributed by atoms with E-state index in [2.05, 4.69) is 56.7 Å². The highest BCUT2D eigenvalue weighted by Crippen LogP contribution is 2.31. The Hall–Kier alpha value is -3.28. The van der Waals surface area contributed by atoms with Crippen LogP contribution < -0.4 is 0 Å². The van der Waals surface area contributed by atoms with Gasteiger partial charge in [-0.15, -0.1) is 5.10 Å². The summed E-state index contributed by atoms with van der Waals surface area (Å²) in [6, 6.07) is 8.41. The van der Waals surface area contributed by atoms with E-state index in [-0.39, 0.29) is 0 Å². The third kappa shape index (κ3) is 2.19. The number of benzene rings is 1. The first-order valence-corrected chi connectivity index (χ1v) is 8.61. The van der Waals surface area contributed by atoms with E-state index in [0.29, 0.717) is 12.2 Å². The van der Waals surface area contributed by atoms with E-state index in [4.69, 9.17) is 4.98 Å². The zero-order valence-corrected chi connectivity index (χ0v) is 14.8. The second-order valence-electron chi connectivity index (χ2n) is 6.78. The van der Waals surface area contributed by atoms with Gasteiger partial charge in [-0.05, 0) is 25.0 Å². The van der Waals surface area contributed by atoms with Crippen molar-refractivity contribution >= 4 is 11.2 Å². The average Bonchev–Trinajstić information content (AvgIpc) is 3.31. The number of aryl methyl sites for hydroxylation is 2. The van der Waals surface area contributed by atoms with Crippen molar-refractivity contribution in [1.82, 2.24) is 29.1 Å². The Labute approximate surface area is 150 Å². The van der Waals surface area contributed by atoms with Crippen LogP contribution in [0, 0.1) is 13.8 Å². The van der Waals surface area contributed by atoms with Gasteiger partial charge in [0, 0.05) is 30.9 Å². The van der Waals surface area contributed by atoms with E-state index in [9.17, 15) is 0 Å². The Kier molecular flexibility index (Phi) is 3.09. The van der Waals surface area contributed by atoms with Gasteiger partial charge in [0.05, 0.1) is 17.1 Å². The van der Waals surface area contributed by atoms with Crippen molar-refractivity contribution in [1.29, 1.82) is 0 Å². The fourth-order valence-electron chi connectivity index (χ4n) is 3.49. The lowest BCUT2D eigenvalue weighted by Gasteiger charge is -1.99. The Morgan fingerprint density at radius 2 is 2.04 bits per heavy atom. The van der Waals surface area contributed by atoms with Crippen LogP contribution in [0.25, 0.3) is 22.6 Å². The number of nitrogens with zero attached hydrogens (tertiary/aromatic N) is 6. The van der Waals surface area contributed by atoms with Crippen LogP contribution in [0.15, 0.2) is 43.2 Å². The number of hydrogen-bond acceptors (Lipinski definition) is 4. The molecular formula is C20H18N6. The molecule has 0 unspecified atom stereocenters. The first kappa shape index (κ1) is 15.0. The Morgan fingerprint density at radius 1 is 1.19 bits per heavy atom. The molecule has 1 aromatic carbocycles. The Morgan fingerprint density at radius 3 is 2.88 bits per heavy atom. The van der Waals surface area contributed by atoms with Crippen molar-refractivity contribution < 1.29 is 0 Å². The topological polar surface area (TPSA) is 60.9 Å². The maximum absolute atomic E-state index is 4.81. The highest BCUT2D eigenvalue weighted by atomic mass is 15.3. The van der Waals surface area contributed by atoms with Gasteiger partial charge in [0.2, 0.25) is 0 Å². The van der Waals surface area contributed by atoms with Gasteiger partial charge >= 0.3 is 0 Å². The summed E-state index contributed by atoms with van der Waals surface area (Å²) in [7, 11) is 0. The van der Waals surface area contributed by atoms with Gasteiger partial charge in [0.25, 0.3) is 0 Å². The van der Waals surface area contributed by atoms with Gasteiger partial charge in [-0.2, -0.15) is 0 Å². The number of rotatable bonds is 3. The van der Waals surface area contributed by atoms with Gasteiger partial charge in [-0.25, -0.2) is 14.5 Å². The molecule has 0 radical (unpaired) electrons. The van der Waals surface area contributed by atoms with E-state index in [1.54, 1.807) is 6.20 Å². The summed E-state index contributed by atoms with van der Waals surface area (Å²) in [5, 5.41) is 4.60. The van der Waals surface area contributed by atoms with Gasteiger partial charge in [-0.1, -0.05) is 30.8 Å². The number of fused-ring (bicyclic) bond motifs is 4. The molecule has 6 nitrogen and oxygen atoms in total. The SMILES string of the molecule is C=C(Cc1cn2c(n1)-c1ccccc1C2)c1nc2c(C)ncc(C)n2n1. The van der Waals surface area contributed by atoms with E-state index in [1.165, 1.54) is 11.1 Å². The van der Waals surface area contributed by atoms with Crippen molar-refractivity contribution in [2.24, 2.45) is 0 Å². The maximum atomic E-state index is 4.81. The number of hydrogen-bond donors (Lipinski definition) is 0. The minimum atomic E-state index is 0.630. The molecule has 0 spiro atoms. The third-order valence-corrected chi connectivity index (χ3v) is 4.85. The van der Waals surface area contributed by atoms with Crippen LogP contribution in [0.1, 0.15) is 28.5 Å². The molecule has 0 bridgehead atoms. The molecule has 0 fully saturated rings. The summed E-state index contributed by atoms with van der Waals surface area (Å²) in [5.74, 6) is 1.68. The highest BCUT2D eigenvalue weighted by molar-refractivity contribution is 5.66. The zero-order valence-electron chi connectivity index (χ0n) is 14.8. The predicted molar refractivity (Wildman–Crippen MR) is 99.8 cm³/mol. The maximum Gasteiger partial charge on any atom is 0.178 e. The van der Waals surface area contributed by atoms with Crippen molar-refractivity contribution in [3.63, 3.8) is 0 Å². The lowest BCUT2D eigenvalue weighted by Crippen LogP contribution is -1.98. The normalized spacial score (nSPS) is 12.4. The van der Waals surface area contributed by atoms with Crippen LogP contribution in [0.3, 0.4) is 0 Å². The largest absolute Gasteiger partial charge is 0.326 e. The molecule has 0 saturated heterocycles. The first-order chi connectivity index (χ1) is 12.6. The summed E-state index contributed by atoms with van der Waals surface area (Å²) in [6.45, 7) is 8.98. The van der Waals surface area contributed by atoms with Crippen molar-refractivity contribution in [3.05, 3.63) is 71.7 Å². The molecule has 0 aliphatic carbocycles. The quantitative estimate of drug-likeness (QED) is 0.505. The van der Waals surface area contributed by atoms with Crippen molar-refractivity contribution in [2.75, 3.05) is 0 Å². The minimum absolute atomic E-state index is 0.630. The molecule has 6 heteroatoms. The summed E-state index contributed by atoms with van der Waals surface area (Å²) in [6.07, 6.45) is 4.54. The van der Waals surface area contributed by atoms with Crippen LogP contribution in [-0.2, 0) is 13.0 Å². The monoisotopic (exact) mass is 342 g/mol. The first-order valence-electron chi connectivity index (χ1n) is 8.61. The van der Waals surface area contributed by atoms with Gasteiger partial charge in [0.15, 0.2) is 11.5 Å². The number of imidazole rings is 1. The molecule has 26 heavy (non-hydrogen) atoms. The smallest absolute Gasteiger partial charge is 0.178 e. The second-order valence-corrected chi connectivity index (χ2v) is 6.78. The van der Waals surface area contributed by atoms with Gasteiger partial charge in [0.1, 0.15) is 5.82 Å². The molecule has 0 N–H and O–H groups in total. The van der Waals surface area contributed by atoms with Crippen molar-refractivity contribution in [3.8, 4) is 11.4 Å². The molecule has 4 aromatic rings. The lowest BCUT2D eigenvalue weighted by atomic mass is 10.1. The summed E-state index contributed by atoms with van der Waals surface area (Å²) >= 11 is 0. The van der Waals surface area contributed by atoms with Gasteiger partial charge < -0.3 is 4.57 Å². The standard InChI is InChI=1S/C20H18N6/c1-12(18-23-19-14(3)21-9-13(2)26(19)24-18)8-16-11-25-10-15-6-4-5-7-17(15)20(25)22-16/h4-7,9,11H,1,8,10H2,2-3H3. The molecule has 3 aromatic heterocycles. The van der Waals surface area contributed by atoms with E-state index >= 15 is 0 Å². The minimum Gasteiger partial charge on any atom is -0.326 e.